The van der Waals surface area contributed by atoms with E-state index >= 15 is 0 Å². The average molecular weight is 1360 g/mol. The lowest BCUT2D eigenvalue weighted by Gasteiger charge is -2.49. The number of rotatable bonds is 56. The summed E-state index contributed by atoms with van der Waals surface area (Å²) in [6.45, 7) is 3.43. The molecule has 2 saturated heterocycles. The maximum absolute atomic E-state index is 14.3. The standard InChI is InChI=1S/C68H127O24P/c1-4-7-10-13-16-19-22-25-28-31-34-37-40-43-53(71)85-48-51-56(74)58(76)63(81)68(89-51)91-65-61(79)59(77)60(78)64(90-67-62(80)57(75)55(73)50(45-69)88-67)66(65)92-93(82,83)86-47-49(46-84-52(70)42-39-36-33-30-27-24-21-18-15-12-9-6-3)87-54(72)44-41-38-35-32-29-26-23-20-17-14-11-8-5-2/h49-51,55-69,73-81H,4-48H2,1-3H3,(H,82,83). The summed E-state index contributed by atoms with van der Waals surface area (Å²) in [6, 6.07) is 0. The third kappa shape index (κ3) is 35.0. The Bertz CT molecular complexity index is 1940. The van der Waals surface area contributed by atoms with Crippen molar-refractivity contribution in [1.82, 2.24) is 0 Å². The molecule has 24 nitrogen and oxygen atoms in total. The van der Waals surface area contributed by atoms with Crippen LogP contribution in [-0.2, 0) is 61.2 Å². The summed E-state index contributed by atoms with van der Waals surface area (Å²) in [6.07, 6.45) is 6.19. The monoisotopic (exact) mass is 1360 g/mol. The minimum atomic E-state index is -5.68. The van der Waals surface area contributed by atoms with Gasteiger partial charge in [-0.05, 0) is 19.3 Å². The van der Waals surface area contributed by atoms with Gasteiger partial charge in [-0.1, -0.05) is 245 Å². The van der Waals surface area contributed by atoms with Crippen molar-refractivity contribution in [3.05, 3.63) is 0 Å². The van der Waals surface area contributed by atoms with Crippen molar-refractivity contribution in [3.8, 4) is 0 Å². The van der Waals surface area contributed by atoms with Crippen molar-refractivity contribution in [2.75, 3.05) is 26.4 Å². The normalized spacial score (nSPS) is 28.4. The van der Waals surface area contributed by atoms with E-state index in [1.54, 1.807) is 0 Å². The van der Waals surface area contributed by atoms with E-state index < -0.39 is 156 Å². The van der Waals surface area contributed by atoms with E-state index in [2.05, 4.69) is 20.8 Å². The van der Waals surface area contributed by atoms with Gasteiger partial charge in [0.15, 0.2) is 18.7 Å². The smallest absolute Gasteiger partial charge is 0.463 e. The number of hydrogen-bond donors (Lipinski definition) is 11. The lowest BCUT2D eigenvalue weighted by atomic mass is 9.84. The quantitative estimate of drug-likeness (QED) is 0.0117. The van der Waals surface area contributed by atoms with Gasteiger partial charge in [-0.3, -0.25) is 23.4 Å². The molecule has 2 aliphatic heterocycles. The minimum Gasteiger partial charge on any atom is -0.463 e. The molecule has 18 unspecified atom stereocenters. The number of aliphatic hydroxyl groups excluding tert-OH is 10. The zero-order valence-electron chi connectivity index (χ0n) is 56.8. The molecule has 1 aliphatic carbocycles. The number of ether oxygens (including phenoxy) is 7. The number of carbonyl (C=O) groups excluding carboxylic acids is 3. The molecular weight excluding hydrogens is 1230 g/mol. The van der Waals surface area contributed by atoms with Crippen LogP contribution in [0.25, 0.3) is 0 Å². The van der Waals surface area contributed by atoms with Crippen LogP contribution in [-0.4, -0.2) is 204 Å². The molecule has 0 aromatic carbocycles. The molecule has 3 fully saturated rings. The summed E-state index contributed by atoms with van der Waals surface area (Å²) in [5, 5.41) is 110. The van der Waals surface area contributed by atoms with E-state index in [1.165, 1.54) is 128 Å². The van der Waals surface area contributed by atoms with Gasteiger partial charge >= 0.3 is 25.7 Å². The van der Waals surface area contributed by atoms with E-state index in [4.69, 9.17) is 42.2 Å². The van der Waals surface area contributed by atoms with Crippen molar-refractivity contribution in [1.29, 1.82) is 0 Å². The molecule has 93 heavy (non-hydrogen) atoms. The Labute approximate surface area is 555 Å². The van der Waals surface area contributed by atoms with E-state index in [-0.39, 0.29) is 19.3 Å². The lowest BCUT2D eigenvalue weighted by Crippen LogP contribution is -2.69. The van der Waals surface area contributed by atoms with Crippen LogP contribution < -0.4 is 0 Å². The molecule has 0 radical (unpaired) electrons. The summed E-state index contributed by atoms with van der Waals surface area (Å²) in [5.41, 5.74) is 0. The number of aliphatic hydroxyl groups is 10. The summed E-state index contributed by atoms with van der Waals surface area (Å²) in [5.74, 6) is -1.98. The van der Waals surface area contributed by atoms with E-state index in [1.807, 2.05) is 0 Å². The maximum atomic E-state index is 14.3. The van der Waals surface area contributed by atoms with Gasteiger partial charge in [-0.25, -0.2) is 4.57 Å². The molecular formula is C68H127O24P. The SMILES string of the molecule is CCCCCCCCCCCCCCCC(=O)OCC1OC(OC2C(O)C(O)C(O)C(OC3OC(CO)C(O)C(O)C3O)C2OP(=O)(O)OCC(COC(=O)CCCCCCCCCCCCCC)OC(=O)CCCCCCCCCCCCCCC)C(O)C(O)C1O. The van der Waals surface area contributed by atoms with Crippen LogP contribution >= 0.6 is 7.82 Å². The van der Waals surface area contributed by atoms with Crippen molar-refractivity contribution >= 4 is 25.7 Å². The molecule has 3 aliphatic rings. The Hall–Kier alpha value is -2.04. The summed E-state index contributed by atoms with van der Waals surface area (Å²) in [7, 11) is -5.68. The number of hydrogen-bond acceptors (Lipinski definition) is 23. The second kappa shape index (κ2) is 51.2. The fourth-order valence-electron chi connectivity index (χ4n) is 12.2. The highest BCUT2D eigenvalue weighted by molar-refractivity contribution is 7.47. The summed E-state index contributed by atoms with van der Waals surface area (Å²) < 4.78 is 64.9. The third-order valence-electron chi connectivity index (χ3n) is 18.1. The van der Waals surface area contributed by atoms with E-state index in [0.717, 1.165) is 96.3 Å². The predicted octanol–water partition coefficient (Wildman–Crippen LogP) is 9.01. The van der Waals surface area contributed by atoms with Gasteiger partial charge in [0.05, 0.1) is 13.2 Å². The molecule has 0 aromatic heterocycles. The highest BCUT2D eigenvalue weighted by atomic mass is 31.2. The number of unbranched alkanes of at least 4 members (excludes halogenated alkanes) is 35. The minimum absolute atomic E-state index is 0.0334. The largest absolute Gasteiger partial charge is 0.472 e. The van der Waals surface area contributed by atoms with Gasteiger partial charge in [-0.2, -0.15) is 0 Å². The molecule has 2 heterocycles. The molecule has 0 aromatic rings. The molecule has 18 atom stereocenters. The van der Waals surface area contributed by atoms with Gasteiger partial charge in [0.25, 0.3) is 0 Å². The van der Waals surface area contributed by atoms with Crippen LogP contribution in [0.15, 0.2) is 0 Å². The molecule has 25 heteroatoms. The first kappa shape index (κ1) is 85.2. The van der Waals surface area contributed by atoms with Crippen molar-refractivity contribution < 1.29 is 117 Å². The highest BCUT2D eigenvalue weighted by Crippen LogP contribution is 2.49. The average Bonchev–Trinajstić information content (AvgIpc) is 0.780. The van der Waals surface area contributed by atoms with Gasteiger partial charge in [-0.15, -0.1) is 0 Å². The second-order valence-electron chi connectivity index (χ2n) is 26.3. The van der Waals surface area contributed by atoms with E-state index in [0.29, 0.717) is 19.3 Å². The topological polar surface area (TPSA) is 374 Å². The predicted molar refractivity (Wildman–Crippen MR) is 347 cm³/mol. The van der Waals surface area contributed by atoms with Crippen LogP contribution in [0.3, 0.4) is 0 Å². The second-order valence-corrected chi connectivity index (χ2v) is 27.7. The van der Waals surface area contributed by atoms with Gasteiger partial charge in [0.2, 0.25) is 0 Å². The van der Waals surface area contributed by atoms with Gasteiger partial charge < -0.3 is 89.1 Å². The molecule has 548 valence electrons. The van der Waals surface area contributed by atoms with Crippen LogP contribution in [0, 0.1) is 0 Å². The van der Waals surface area contributed by atoms with Crippen molar-refractivity contribution in [3.63, 3.8) is 0 Å². The molecule has 0 amide bonds. The highest BCUT2D eigenvalue weighted by Gasteiger charge is 2.58. The molecule has 0 spiro atoms. The number of esters is 3. The summed E-state index contributed by atoms with van der Waals surface area (Å²) >= 11 is 0. The van der Waals surface area contributed by atoms with E-state index in [9.17, 15) is 74.9 Å². The number of phosphoric ester groups is 1. The first-order valence-electron chi connectivity index (χ1n) is 36.3. The first-order valence-corrected chi connectivity index (χ1v) is 37.8. The number of carbonyl (C=O) groups is 3. The van der Waals surface area contributed by atoms with Crippen LogP contribution in [0.2, 0.25) is 0 Å². The van der Waals surface area contributed by atoms with Crippen molar-refractivity contribution in [2.45, 2.75) is 388 Å². The van der Waals surface area contributed by atoms with Gasteiger partial charge in [0.1, 0.15) is 98.7 Å². The molecule has 3 rings (SSSR count). The Balaban J connectivity index is 1.75. The summed E-state index contributed by atoms with van der Waals surface area (Å²) in [4.78, 5) is 50.8. The van der Waals surface area contributed by atoms with Crippen molar-refractivity contribution in [2.24, 2.45) is 0 Å². The molecule has 11 N–H and O–H groups in total. The lowest BCUT2D eigenvalue weighted by molar-refractivity contribution is -0.360. The number of phosphoric acid groups is 1. The van der Waals surface area contributed by atoms with Crippen LogP contribution in [0.1, 0.15) is 284 Å². The Morgan fingerprint density at radius 2 is 0.688 bits per heavy atom. The third-order valence-corrected chi connectivity index (χ3v) is 19.1. The zero-order valence-corrected chi connectivity index (χ0v) is 57.7. The first-order chi connectivity index (χ1) is 44.8. The fourth-order valence-corrected chi connectivity index (χ4v) is 13.1. The Morgan fingerprint density at radius 3 is 1.05 bits per heavy atom. The zero-order chi connectivity index (χ0) is 68.2. The Morgan fingerprint density at radius 1 is 0.376 bits per heavy atom. The molecule has 0 bridgehead atoms. The van der Waals surface area contributed by atoms with Crippen LogP contribution in [0.4, 0.5) is 0 Å². The van der Waals surface area contributed by atoms with Crippen LogP contribution in [0.5, 0.6) is 0 Å². The Kier molecular flexibility index (Phi) is 46.9. The maximum Gasteiger partial charge on any atom is 0.472 e. The molecule has 1 saturated carbocycles. The fraction of sp³-hybridized carbons (Fsp3) is 0.956. The van der Waals surface area contributed by atoms with Gasteiger partial charge in [0, 0.05) is 19.3 Å².